The van der Waals surface area contributed by atoms with Crippen LogP contribution in [0.4, 0.5) is 0 Å². The van der Waals surface area contributed by atoms with Crippen LogP contribution < -0.4 is 0 Å². The maximum Gasteiger partial charge on any atom is 0.336 e. The van der Waals surface area contributed by atoms with Gasteiger partial charge in [0, 0.05) is 11.0 Å². The Hall–Kier alpha value is -7.14. The minimum Gasteiger partial charge on any atom is -0.478 e. The topological polar surface area (TPSA) is 298 Å². The van der Waals surface area contributed by atoms with Crippen molar-refractivity contribution in [2.24, 2.45) is 0 Å². The minimum absolute atomic E-state index is 0. The molecule has 0 aliphatic heterocycles. The molecule has 0 amide bonds. The first-order valence-corrected chi connectivity index (χ1v) is 12.7. The number of rotatable bonds is 8. The SMILES string of the molecule is O=C(O)c1ccccc1C(=O)O.O=C(O)c1ccccc1C(=O)O.O=C(O)c1ccccc1C(=O)O.O=C(O)c1ccccc1C(=O)O.[Si]. The lowest BCUT2D eigenvalue weighted by molar-refractivity contribution is 0.0651. The highest BCUT2D eigenvalue weighted by atomic mass is 28.1. The van der Waals surface area contributed by atoms with Crippen LogP contribution in [-0.2, 0) is 0 Å². The van der Waals surface area contributed by atoms with Crippen molar-refractivity contribution >= 4 is 58.7 Å². The van der Waals surface area contributed by atoms with Gasteiger partial charge in [-0.3, -0.25) is 0 Å². The van der Waals surface area contributed by atoms with E-state index in [9.17, 15) is 38.4 Å². The van der Waals surface area contributed by atoms with Gasteiger partial charge in [0.25, 0.3) is 0 Å². The first kappa shape index (κ1) is 41.9. The second-order valence-corrected chi connectivity index (χ2v) is 8.62. The standard InChI is InChI=1S/4C8H6O4.Si/c4*9-7(10)5-3-1-2-4-6(5)8(11)12;/h4*1-4H,(H,9,10)(H,11,12);. The van der Waals surface area contributed by atoms with E-state index in [-0.39, 0.29) is 55.5 Å². The average molecular weight is 693 g/mol. The van der Waals surface area contributed by atoms with Crippen molar-refractivity contribution < 1.29 is 79.2 Å². The highest BCUT2D eigenvalue weighted by Crippen LogP contribution is 2.10. The van der Waals surface area contributed by atoms with Crippen molar-refractivity contribution in [2.75, 3.05) is 0 Å². The zero-order valence-electron chi connectivity index (χ0n) is 24.6. The van der Waals surface area contributed by atoms with Crippen LogP contribution >= 0.6 is 0 Å². The molecule has 0 unspecified atom stereocenters. The molecule has 4 aromatic rings. The largest absolute Gasteiger partial charge is 0.478 e. The third-order valence-corrected chi connectivity index (χ3v) is 5.55. The van der Waals surface area contributed by atoms with Crippen molar-refractivity contribution in [2.45, 2.75) is 0 Å². The Kier molecular flexibility index (Phi) is 17.2. The monoisotopic (exact) mass is 692 g/mol. The van der Waals surface area contributed by atoms with Crippen LogP contribution in [-0.4, -0.2) is 99.6 Å². The number of benzene rings is 4. The molecule has 252 valence electrons. The molecule has 0 saturated carbocycles. The average Bonchev–Trinajstić information content (AvgIpc) is 3.05. The summed E-state index contributed by atoms with van der Waals surface area (Å²) in [6.07, 6.45) is 0. The summed E-state index contributed by atoms with van der Waals surface area (Å²) in [7, 11) is 0. The van der Waals surface area contributed by atoms with Gasteiger partial charge in [0.2, 0.25) is 0 Å². The molecule has 0 spiro atoms. The van der Waals surface area contributed by atoms with Gasteiger partial charge in [-0.1, -0.05) is 48.5 Å². The van der Waals surface area contributed by atoms with Crippen LogP contribution in [0.25, 0.3) is 0 Å². The van der Waals surface area contributed by atoms with Gasteiger partial charge < -0.3 is 40.9 Å². The first-order valence-electron chi connectivity index (χ1n) is 12.7. The number of carboxylic acids is 8. The molecule has 0 bridgehead atoms. The Morgan fingerprint density at radius 3 is 0.388 bits per heavy atom. The zero-order chi connectivity index (χ0) is 36.6. The summed E-state index contributed by atoms with van der Waals surface area (Å²) in [5, 5.41) is 68.4. The molecule has 4 rings (SSSR count). The Balaban J connectivity index is 0.000000623. The molecular formula is C32H24O16Si. The lowest BCUT2D eigenvalue weighted by Gasteiger charge is -1.98. The summed E-state index contributed by atoms with van der Waals surface area (Å²) in [4.78, 5) is 83.7. The van der Waals surface area contributed by atoms with Gasteiger partial charge >= 0.3 is 47.8 Å². The fourth-order valence-corrected chi connectivity index (χ4v) is 3.42. The number of carboxylic acid groups (broad SMARTS) is 8. The fourth-order valence-electron chi connectivity index (χ4n) is 3.42. The molecule has 0 aliphatic carbocycles. The van der Waals surface area contributed by atoms with Gasteiger partial charge in [0.15, 0.2) is 0 Å². The molecule has 0 aliphatic rings. The van der Waals surface area contributed by atoms with E-state index in [4.69, 9.17) is 40.9 Å². The maximum absolute atomic E-state index is 10.5. The van der Waals surface area contributed by atoms with Crippen molar-refractivity contribution in [3.8, 4) is 0 Å². The molecule has 49 heavy (non-hydrogen) atoms. The van der Waals surface area contributed by atoms with Gasteiger partial charge in [-0.15, -0.1) is 0 Å². The number of aromatic carboxylic acids is 8. The van der Waals surface area contributed by atoms with E-state index in [1.54, 1.807) is 0 Å². The summed E-state index contributed by atoms with van der Waals surface area (Å²) in [6, 6.07) is 21.9. The summed E-state index contributed by atoms with van der Waals surface area (Å²) in [6.45, 7) is 0. The van der Waals surface area contributed by atoms with E-state index >= 15 is 0 Å². The van der Waals surface area contributed by atoms with E-state index in [1.807, 2.05) is 0 Å². The van der Waals surface area contributed by atoms with Crippen LogP contribution in [0.5, 0.6) is 0 Å². The van der Waals surface area contributed by atoms with E-state index in [0.29, 0.717) is 0 Å². The van der Waals surface area contributed by atoms with Crippen molar-refractivity contribution in [3.05, 3.63) is 142 Å². The van der Waals surface area contributed by atoms with Crippen LogP contribution in [0.2, 0.25) is 0 Å². The van der Waals surface area contributed by atoms with Crippen molar-refractivity contribution in [3.63, 3.8) is 0 Å². The van der Waals surface area contributed by atoms with Gasteiger partial charge in [-0.25, -0.2) is 38.4 Å². The predicted molar refractivity (Wildman–Crippen MR) is 167 cm³/mol. The van der Waals surface area contributed by atoms with Crippen LogP contribution in [0, 0.1) is 0 Å². The van der Waals surface area contributed by atoms with Gasteiger partial charge in [0.05, 0.1) is 44.5 Å². The highest BCUT2D eigenvalue weighted by molar-refractivity contribution is 6.03. The molecule has 0 aromatic heterocycles. The zero-order valence-corrected chi connectivity index (χ0v) is 25.6. The van der Waals surface area contributed by atoms with Crippen molar-refractivity contribution in [1.82, 2.24) is 0 Å². The number of hydrogen-bond donors (Lipinski definition) is 8. The van der Waals surface area contributed by atoms with Gasteiger partial charge in [-0.05, 0) is 48.5 Å². The molecule has 17 heteroatoms. The van der Waals surface area contributed by atoms with Crippen LogP contribution in [0.1, 0.15) is 82.9 Å². The van der Waals surface area contributed by atoms with Crippen molar-refractivity contribution in [1.29, 1.82) is 0 Å². The summed E-state index contributed by atoms with van der Waals surface area (Å²) >= 11 is 0. The van der Waals surface area contributed by atoms with Gasteiger partial charge in [-0.2, -0.15) is 0 Å². The lowest BCUT2D eigenvalue weighted by Crippen LogP contribution is -2.06. The summed E-state index contributed by atoms with van der Waals surface area (Å²) in [5.41, 5.74) is -1.52. The Morgan fingerprint density at radius 1 is 0.245 bits per heavy atom. The molecular weight excluding hydrogens is 668 g/mol. The number of carbonyl (C=O) groups is 8. The Labute approximate surface area is 279 Å². The Morgan fingerprint density at radius 2 is 0.327 bits per heavy atom. The van der Waals surface area contributed by atoms with E-state index in [1.165, 1.54) is 97.1 Å². The molecule has 0 heterocycles. The predicted octanol–water partition coefficient (Wildman–Crippen LogP) is 3.95. The lowest BCUT2D eigenvalue weighted by atomic mass is 10.1. The summed E-state index contributed by atoms with van der Waals surface area (Å²) in [5.74, 6) is -9.83. The van der Waals surface area contributed by atoms with Gasteiger partial charge in [0.1, 0.15) is 0 Å². The Bertz CT molecular complexity index is 1460. The van der Waals surface area contributed by atoms with E-state index in [2.05, 4.69) is 0 Å². The number of hydrogen-bond acceptors (Lipinski definition) is 8. The van der Waals surface area contributed by atoms with E-state index < -0.39 is 47.8 Å². The van der Waals surface area contributed by atoms with E-state index in [0.717, 1.165) is 0 Å². The molecule has 0 atom stereocenters. The second kappa shape index (κ2) is 20.1. The third kappa shape index (κ3) is 13.0. The minimum atomic E-state index is -1.23. The normalized spacial score (nSPS) is 9.14. The molecule has 16 nitrogen and oxygen atoms in total. The molecule has 4 aromatic carbocycles. The first-order chi connectivity index (χ1) is 22.5. The smallest absolute Gasteiger partial charge is 0.336 e. The molecule has 0 saturated heterocycles. The van der Waals surface area contributed by atoms with Crippen LogP contribution in [0.15, 0.2) is 97.1 Å². The second-order valence-electron chi connectivity index (χ2n) is 8.62. The highest BCUT2D eigenvalue weighted by Gasteiger charge is 2.16. The molecule has 8 N–H and O–H groups in total. The molecule has 0 fully saturated rings. The fraction of sp³-hybridized carbons (Fsp3) is 0. The molecule has 4 radical (unpaired) electrons. The maximum atomic E-state index is 10.5. The van der Waals surface area contributed by atoms with Crippen LogP contribution in [0.3, 0.4) is 0 Å². The quantitative estimate of drug-likeness (QED) is 0.121. The summed E-state index contributed by atoms with van der Waals surface area (Å²) < 4.78 is 0. The third-order valence-electron chi connectivity index (χ3n) is 5.55.